The number of amides is 2. The Hall–Kier alpha value is -3.33. The summed E-state index contributed by atoms with van der Waals surface area (Å²) in [6.45, 7) is 5.91. The second kappa shape index (κ2) is 11.2. The van der Waals surface area contributed by atoms with Crippen LogP contribution in [0.5, 0.6) is 17.2 Å². The topological polar surface area (TPSA) is 97.9 Å². The first-order valence-electron chi connectivity index (χ1n) is 9.56. The predicted octanol–water partition coefficient (Wildman–Crippen LogP) is 2.47. The molecule has 0 saturated carbocycles. The highest BCUT2D eigenvalue weighted by atomic mass is 32.1. The average molecular weight is 446 g/mol. The SMILES string of the molecule is COc1ccc(OCC(=O)NNC(=S)NC(=O)COc2ccc(C(C)(C)C)cc2)cc1. The zero-order chi connectivity index (χ0) is 22.9. The molecule has 2 aromatic rings. The van der Waals surface area contributed by atoms with Crippen molar-refractivity contribution in [3.05, 3.63) is 54.1 Å². The van der Waals surface area contributed by atoms with Gasteiger partial charge in [0.25, 0.3) is 11.8 Å². The minimum Gasteiger partial charge on any atom is -0.497 e. The number of hydrogen-bond acceptors (Lipinski definition) is 6. The maximum absolute atomic E-state index is 11.9. The van der Waals surface area contributed by atoms with Gasteiger partial charge >= 0.3 is 0 Å². The fourth-order valence-electron chi connectivity index (χ4n) is 2.38. The van der Waals surface area contributed by atoms with Crippen LogP contribution in [-0.2, 0) is 15.0 Å². The van der Waals surface area contributed by atoms with E-state index in [1.54, 1.807) is 31.4 Å². The fourth-order valence-corrected chi connectivity index (χ4v) is 2.54. The third-order valence-corrected chi connectivity index (χ3v) is 4.29. The lowest BCUT2D eigenvalue weighted by Gasteiger charge is -2.19. The van der Waals surface area contributed by atoms with Gasteiger partial charge in [-0.25, -0.2) is 0 Å². The summed E-state index contributed by atoms with van der Waals surface area (Å²) in [5, 5.41) is 2.35. The Balaban J connectivity index is 1.65. The number of ether oxygens (including phenoxy) is 3. The molecule has 0 aliphatic heterocycles. The molecular formula is C22H27N3O5S. The number of thiocarbonyl (C=S) groups is 1. The molecular weight excluding hydrogens is 418 g/mol. The third kappa shape index (κ3) is 8.51. The molecule has 0 aliphatic rings. The molecule has 2 amide bonds. The Morgan fingerprint density at radius 1 is 0.806 bits per heavy atom. The van der Waals surface area contributed by atoms with Gasteiger partial charge in [-0.3, -0.25) is 25.8 Å². The smallest absolute Gasteiger partial charge is 0.276 e. The third-order valence-electron chi connectivity index (χ3n) is 4.09. The van der Waals surface area contributed by atoms with Crippen molar-refractivity contribution in [1.82, 2.24) is 16.2 Å². The standard InChI is InChI=1S/C22H27N3O5S/c1-22(2,3)15-5-7-17(8-6-15)29-13-19(26)23-21(31)25-24-20(27)14-30-18-11-9-16(28-4)10-12-18/h5-12H,13-14H2,1-4H3,(H,24,27)(H2,23,25,26,31). The maximum atomic E-state index is 11.9. The van der Waals surface area contributed by atoms with Gasteiger partial charge in [0.15, 0.2) is 18.3 Å². The minimum absolute atomic E-state index is 0.0396. The molecule has 3 N–H and O–H groups in total. The number of methoxy groups -OCH3 is 1. The van der Waals surface area contributed by atoms with Crippen LogP contribution in [-0.4, -0.2) is 37.3 Å². The highest BCUT2D eigenvalue weighted by molar-refractivity contribution is 7.80. The summed E-state index contributed by atoms with van der Waals surface area (Å²) in [7, 11) is 1.56. The molecule has 166 valence electrons. The number of carbonyl (C=O) groups excluding carboxylic acids is 2. The molecule has 31 heavy (non-hydrogen) atoms. The predicted molar refractivity (Wildman–Crippen MR) is 121 cm³/mol. The number of rotatable bonds is 7. The summed E-state index contributed by atoms with van der Waals surface area (Å²) in [4.78, 5) is 23.8. The van der Waals surface area contributed by atoms with Gasteiger partial charge in [0.2, 0.25) is 0 Å². The van der Waals surface area contributed by atoms with E-state index in [9.17, 15) is 9.59 Å². The van der Waals surface area contributed by atoms with E-state index in [1.165, 1.54) is 5.56 Å². The minimum atomic E-state index is -0.470. The zero-order valence-corrected chi connectivity index (χ0v) is 18.8. The van der Waals surface area contributed by atoms with E-state index < -0.39 is 11.8 Å². The van der Waals surface area contributed by atoms with Crippen molar-refractivity contribution >= 4 is 29.1 Å². The van der Waals surface area contributed by atoms with Crippen molar-refractivity contribution in [2.24, 2.45) is 0 Å². The van der Waals surface area contributed by atoms with Gasteiger partial charge in [-0.15, -0.1) is 0 Å². The Bertz CT molecular complexity index is 893. The van der Waals surface area contributed by atoms with Gasteiger partial charge in [-0.2, -0.15) is 0 Å². The molecule has 2 aromatic carbocycles. The van der Waals surface area contributed by atoms with Crippen molar-refractivity contribution in [3.8, 4) is 17.2 Å². The Morgan fingerprint density at radius 2 is 1.29 bits per heavy atom. The number of hydrogen-bond donors (Lipinski definition) is 3. The molecule has 0 heterocycles. The van der Waals surface area contributed by atoms with Gasteiger partial charge in [0.05, 0.1) is 7.11 Å². The van der Waals surface area contributed by atoms with Crippen molar-refractivity contribution < 1.29 is 23.8 Å². The molecule has 0 saturated heterocycles. The molecule has 0 spiro atoms. The lowest BCUT2D eigenvalue weighted by molar-refractivity contribution is -0.124. The molecule has 9 heteroatoms. The van der Waals surface area contributed by atoms with Crippen LogP contribution in [0.3, 0.4) is 0 Å². The average Bonchev–Trinajstić information content (AvgIpc) is 2.75. The van der Waals surface area contributed by atoms with Crippen LogP contribution in [0.25, 0.3) is 0 Å². The van der Waals surface area contributed by atoms with Gasteiger partial charge in [0.1, 0.15) is 17.2 Å². The molecule has 0 bridgehead atoms. The first kappa shape index (κ1) is 23.9. The molecule has 0 aromatic heterocycles. The van der Waals surface area contributed by atoms with E-state index in [-0.39, 0.29) is 23.7 Å². The summed E-state index contributed by atoms with van der Waals surface area (Å²) < 4.78 is 15.8. The number of benzene rings is 2. The van der Waals surface area contributed by atoms with Crippen LogP contribution in [0.2, 0.25) is 0 Å². The van der Waals surface area contributed by atoms with Gasteiger partial charge in [0, 0.05) is 0 Å². The van der Waals surface area contributed by atoms with Gasteiger partial charge < -0.3 is 14.2 Å². The summed E-state index contributed by atoms with van der Waals surface area (Å²) >= 11 is 4.97. The Labute approximate surface area is 187 Å². The lowest BCUT2D eigenvalue weighted by Crippen LogP contribution is -2.50. The molecule has 8 nitrogen and oxygen atoms in total. The second-order valence-corrected chi connectivity index (χ2v) is 7.99. The number of nitrogens with one attached hydrogen (secondary N) is 3. The van der Waals surface area contributed by atoms with Gasteiger partial charge in [-0.1, -0.05) is 32.9 Å². The van der Waals surface area contributed by atoms with Crippen molar-refractivity contribution in [1.29, 1.82) is 0 Å². The van der Waals surface area contributed by atoms with Crippen molar-refractivity contribution in [3.63, 3.8) is 0 Å². The van der Waals surface area contributed by atoms with E-state index in [0.717, 1.165) is 0 Å². The first-order valence-corrected chi connectivity index (χ1v) is 9.97. The maximum Gasteiger partial charge on any atom is 0.276 e. The Morgan fingerprint density at radius 3 is 1.81 bits per heavy atom. The lowest BCUT2D eigenvalue weighted by atomic mass is 9.87. The van der Waals surface area contributed by atoms with Crippen LogP contribution in [0.1, 0.15) is 26.3 Å². The highest BCUT2D eigenvalue weighted by Crippen LogP contribution is 2.24. The molecule has 0 atom stereocenters. The summed E-state index contributed by atoms with van der Waals surface area (Å²) in [5.41, 5.74) is 5.98. The van der Waals surface area contributed by atoms with Crippen LogP contribution in [0.15, 0.2) is 48.5 Å². The molecule has 0 fully saturated rings. The first-order chi connectivity index (χ1) is 14.7. The second-order valence-electron chi connectivity index (χ2n) is 7.58. The number of hydrazine groups is 1. The molecule has 0 aliphatic carbocycles. The number of carbonyl (C=O) groups is 2. The van der Waals surface area contributed by atoms with E-state index in [0.29, 0.717) is 17.2 Å². The van der Waals surface area contributed by atoms with E-state index in [1.807, 2.05) is 24.3 Å². The van der Waals surface area contributed by atoms with Crippen LogP contribution in [0, 0.1) is 0 Å². The van der Waals surface area contributed by atoms with Crippen LogP contribution >= 0.6 is 12.2 Å². The quantitative estimate of drug-likeness (QED) is 0.445. The Kier molecular flexibility index (Phi) is 8.63. The van der Waals surface area contributed by atoms with E-state index in [2.05, 4.69) is 36.9 Å². The van der Waals surface area contributed by atoms with Crippen LogP contribution in [0.4, 0.5) is 0 Å². The van der Waals surface area contributed by atoms with E-state index in [4.69, 9.17) is 26.4 Å². The largest absolute Gasteiger partial charge is 0.497 e. The molecule has 0 radical (unpaired) electrons. The monoisotopic (exact) mass is 445 g/mol. The normalized spacial score (nSPS) is 10.6. The summed E-state index contributed by atoms with van der Waals surface area (Å²) in [6.07, 6.45) is 0. The molecule has 2 rings (SSSR count). The van der Waals surface area contributed by atoms with Crippen LogP contribution < -0.4 is 30.4 Å². The highest BCUT2D eigenvalue weighted by Gasteiger charge is 2.13. The summed E-state index contributed by atoms with van der Waals surface area (Å²) in [6, 6.07) is 14.4. The zero-order valence-electron chi connectivity index (χ0n) is 18.0. The molecule has 0 unspecified atom stereocenters. The fraction of sp³-hybridized carbons (Fsp3) is 0.318. The van der Waals surface area contributed by atoms with Crippen molar-refractivity contribution in [2.75, 3.05) is 20.3 Å². The van der Waals surface area contributed by atoms with Crippen molar-refractivity contribution in [2.45, 2.75) is 26.2 Å². The van der Waals surface area contributed by atoms with E-state index >= 15 is 0 Å². The van der Waals surface area contributed by atoms with Gasteiger partial charge in [-0.05, 0) is 59.6 Å². The summed E-state index contributed by atoms with van der Waals surface area (Å²) in [5.74, 6) is 0.847.